The summed E-state index contributed by atoms with van der Waals surface area (Å²) in [5, 5.41) is 2.66. The average molecular weight is 395 g/mol. The number of ether oxygens (including phenoxy) is 1. The van der Waals surface area contributed by atoms with E-state index in [4.69, 9.17) is 4.74 Å². The van der Waals surface area contributed by atoms with Crippen molar-refractivity contribution in [3.05, 3.63) is 58.0 Å². The molecular formula is C22H25N3O4. The van der Waals surface area contributed by atoms with Crippen LogP contribution in [0.1, 0.15) is 46.2 Å². The summed E-state index contributed by atoms with van der Waals surface area (Å²) in [5.41, 5.74) is 5.39. The molecule has 0 aliphatic carbocycles. The van der Waals surface area contributed by atoms with Crippen molar-refractivity contribution in [3.8, 4) is 5.69 Å². The van der Waals surface area contributed by atoms with Gasteiger partial charge in [-0.05, 0) is 68.7 Å². The van der Waals surface area contributed by atoms with Gasteiger partial charge in [-0.2, -0.15) is 0 Å². The molecule has 3 rings (SSSR count). The van der Waals surface area contributed by atoms with Gasteiger partial charge in [0, 0.05) is 23.6 Å². The van der Waals surface area contributed by atoms with Crippen molar-refractivity contribution in [2.24, 2.45) is 0 Å². The van der Waals surface area contributed by atoms with Gasteiger partial charge in [-0.3, -0.25) is 9.69 Å². The Bertz CT molecular complexity index is 1030. The number of imide groups is 1. The van der Waals surface area contributed by atoms with Gasteiger partial charge in [0.15, 0.2) is 0 Å². The van der Waals surface area contributed by atoms with E-state index in [0.717, 1.165) is 28.2 Å². The van der Waals surface area contributed by atoms with Crippen LogP contribution in [0.3, 0.4) is 0 Å². The van der Waals surface area contributed by atoms with E-state index in [9.17, 15) is 14.4 Å². The third kappa shape index (κ3) is 3.68. The van der Waals surface area contributed by atoms with E-state index in [2.05, 4.69) is 9.88 Å². The first kappa shape index (κ1) is 20.4. The molecule has 1 aliphatic rings. The highest BCUT2D eigenvalue weighted by Gasteiger charge is 2.32. The van der Waals surface area contributed by atoms with Crippen LogP contribution >= 0.6 is 0 Å². The Kier molecular flexibility index (Phi) is 5.59. The molecule has 2 heterocycles. The van der Waals surface area contributed by atoms with Crippen molar-refractivity contribution in [2.45, 2.75) is 34.1 Å². The van der Waals surface area contributed by atoms with Gasteiger partial charge in [0.2, 0.25) is 0 Å². The number of nitrogens with zero attached hydrogens (tertiary/aromatic N) is 2. The number of hydrogen-bond donors (Lipinski definition) is 1. The molecule has 0 radical (unpaired) electrons. The Labute approximate surface area is 169 Å². The highest BCUT2D eigenvalue weighted by atomic mass is 16.5. The second kappa shape index (κ2) is 7.95. The van der Waals surface area contributed by atoms with E-state index >= 15 is 0 Å². The van der Waals surface area contributed by atoms with Crippen LogP contribution in [0, 0.1) is 20.8 Å². The lowest BCUT2D eigenvalue weighted by Crippen LogP contribution is -2.31. The van der Waals surface area contributed by atoms with E-state index in [-0.39, 0.29) is 23.6 Å². The van der Waals surface area contributed by atoms with E-state index in [0.29, 0.717) is 18.5 Å². The van der Waals surface area contributed by atoms with Crippen LogP contribution in [0.5, 0.6) is 0 Å². The summed E-state index contributed by atoms with van der Waals surface area (Å²) in [7, 11) is 1.36. The van der Waals surface area contributed by atoms with Crippen LogP contribution in [-0.4, -0.2) is 41.0 Å². The fraction of sp³-hybridized carbons (Fsp3) is 0.318. The summed E-state index contributed by atoms with van der Waals surface area (Å²) in [5.74, 6) is -0.682. The highest BCUT2D eigenvalue weighted by Crippen LogP contribution is 2.26. The molecule has 1 saturated heterocycles. The van der Waals surface area contributed by atoms with Crippen LogP contribution < -0.4 is 5.32 Å². The Morgan fingerprint density at radius 2 is 1.90 bits per heavy atom. The quantitative estimate of drug-likeness (QED) is 0.477. The van der Waals surface area contributed by atoms with Gasteiger partial charge in [-0.1, -0.05) is 6.92 Å². The lowest BCUT2D eigenvalue weighted by molar-refractivity contribution is -0.122. The molecule has 2 aromatic rings. The zero-order valence-electron chi connectivity index (χ0n) is 17.3. The Balaban J connectivity index is 1.99. The molecule has 1 N–H and O–H groups in total. The number of aromatic nitrogens is 1. The molecule has 0 spiro atoms. The van der Waals surface area contributed by atoms with Crippen LogP contribution in [-0.2, 0) is 9.53 Å². The van der Waals surface area contributed by atoms with Crippen molar-refractivity contribution in [2.75, 3.05) is 13.7 Å². The number of hydrogen-bond acceptors (Lipinski definition) is 4. The average Bonchev–Trinajstić information content (AvgIpc) is 3.11. The lowest BCUT2D eigenvalue weighted by Gasteiger charge is -2.14. The maximum absolute atomic E-state index is 12.5. The minimum absolute atomic E-state index is 0.279. The zero-order valence-corrected chi connectivity index (χ0v) is 17.3. The predicted molar refractivity (Wildman–Crippen MR) is 110 cm³/mol. The van der Waals surface area contributed by atoms with Crippen molar-refractivity contribution < 1.29 is 19.1 Å². The molecule has 1 aromatic heterocycles. The van der Waals surface area contributed by atoms with Crippen molar-refractivity contribution in [3.63, 3.8) is 0 Å². The first-order valence-electron chi connectivity index (χ1n) is 9.51. The second-order valence-electron chi connectivity index (χ2n) is 7.10. The normalized spacial score (nSPS) is 15.2. The molecular weight excluding hydrogens is 370 g/mol. The number of carbonyl (C=O) groups excluding carboxylic acids is 3. The fourth-order valence-corrected chi connectivity index (χ4v) is 3.61. The number of urea groups is 1. The summed E-state index contributed by atoms with van der Waals surface area (Å²) in [6, 6.07) is 6.99. The summed E-state index contributed by atoms with van der Waals surface area (Å²) >= 11 is 0. The topological polar surface area (TPSA) is 80.6 Å². The van der Waals surface area contributed by atoms with Gasteiger partial charge < -0.3 is 14.6 Å². The minimum Gasteiger partial charge on any atom is -0.465 e. The fourth-order valence-electron chi connectivity index (χ4n) is 3.61. The molecule has 3 amide bonds. The number of carbonyl (C=O) groups is 3. The number of nitrogens with one attached hydrogen (secondary N) is 1. The van der Waals surface area contributed by atoms with E-state index in [1.165, 1.54) is 12.0 Å². The summed E-state index contributed by atoms with van der Waals surface area (Å²) < 4.78 is 6.85. The van der Waals surface area contributed by atoms with Gasteiger partial charge in [0.1, 0.15) is 5.70 Å². The zero-order chi connectivity index (χ0) is 21.3. The van der Waals surface area contributed by atoms with Crippen molar-refractivity contribution in [1.29, 1.82) is 0 Å². The third-order valence-electron chi connectivity index (χ3n) is 5.04. The molecule has 0 unspecified atom stereocenters. The molecule has 29 heavy (non-hydrogen) atoms. The molecule has 7 heteroatoms. The van der Waals surface area contributed by atoms with Crippen LogP contribution in [0.2, 0.25) is 0 Å². The molecule has 7 nitrogen and oxygen atoms in total. The van der Waals surface area contributed by atoms with Crippen molar-refractivity contribution >= 4 is 24.0 Å². The number of methoxy groups -OCH3 is 1. The molecule has 1 aliphatic heterocycles. The summed E-state index contributed by atoms with van der Waals surface area (Å²) in [4.78, 5) is 37.5. The second-order valence-corrected chi connectivity index (χ2v) is 7.10. The Morgan fingerprint density at radius 3 is 2.52 bits per heavy atom. The SMILES string of the molecule is CCCN1C(=O)N/C(=C/c2cc(C)n(-c3ccc(C(=O)OC)cc3C)c2C)C1=O. The molecule has 1 aromatic carbocycles. The lowest BCUT2D eigenvalue weighted by atomic mass is 10.1. The molecule has 1 fully saturated rings. The Hall–Kier alpha value is -3.35. The van der Waals surface area contributed by atoms with Crippen LogP contribution in [0.4, 0.5) is 4.79 Å². The van der Waals surface area contributed by atoms with Gasteiger partial charge in [0.05, 0.1) is 12.7 Å². The maximum Gasteiger partial charge on any atom is 0.337 e. The van der Waals surface area contributed by atoms with Gasteiger partial charge >= 0.3 is 12.0 Å². The monoisotopic (exact) mass is 395 g/mol. The molecule has 0 bridgehead atoms. The van der Waals surface area contributed by atoms with E-state index < -0.39 is 0 Å². The summed E-state index contributed by atoms with van der Waals surface area (Å²) in [6.07, 6.45) is 2.43. The maximum atomic E-state index is 12.5. The smallest absolute Gasteiger partial charge is 0.337 e. The molecule has 0 saturated carbocycles. The number of benzene rings is 1. The molecule has 152 valence electrons. The predicted octanol–water partition coefficient (Wildman–Crippen LogP) is 3.49. The van der Waals surface area contributed by atoms with Crippen LogP contribution in [0.25, 0.3) is 11.8 Å². The standard InChI is InChI=1S/C22H25N3O4/c1-6-9-24-20(26)18(23-22(24)28)12-17-11-14(3)25(15(17)4)19-8-7-16(10-13(19)2)21(27)29-5/h7-8,10-12H,6,9H2,1-5H3,(H,23,28)/b18-12+. The van der Waals surface area contributed by atoms with E-state index in [1.54, 1.807) is 18.2 Å². The Morgan fingerprint density at radius 1 is 1.17 bits per heavy atom. The highest BCUT2D eigenvalue weighted by molar-refractivity contribution is 6.14. The summed E-state index contributed by atoms with van der Waals surface area (Å²) in [6.45, 7) is 8.18. The molecule has 0 atom stereocenters. The number of aryl methyl sites for hydroxylation is 2. The van der Waals surface area contributed by atoms with Crippen LogP contribution in [0.15, 0.2) is 30.0 Å². The first-order chi connectivity index (χ1) is 13.8. The van der Waals surface area contributed by atoms with E-state index in [1.807, 2.05) is 39.8 Å². The first-order valence-corrected chi connectivity index (χ1v) is 9.51. The largest absolute Gasteiger partial charge is 0.465 e. The number of amides is 3. The minimum atomic E-state index is -0.383. The number of esters is 1. The van der Waals surface area contributed by atoms with Gasteiger partial charge in [0.25, 0.3) is 5.91 Å². The van der Waals surface area contributed by atoms with Crippen molar-refractivity contribution in [1.82, 2.24) is 14.8 Å². The van der Waals surface area contributed by atoms with Gasteiger partial charge in [-0.15, -0.1) is 0 Å². The number of rotatable bonds is 5. The van der Waals surface area contributed by atoms with Gasteiger partial charge in [-0.25, -0.2) is 9.59 Å². The third-order valence-corrected chi connectivity index (χ3v) is 5.04.